The Morgan fingerprint density at radius 3 is 2.68 bits per heavy atom. The highest BCUT2D eigenvalue weighted by molar-refractivity contribution is 6.08. The summed E-state index contributed by atoms with van der Waals surface area (Å²) in [7, 11) is 1.45. The number of carbonyl (C=O) groups is 2. The Bertz CT molecular complexity index is 979. The highest BCUT2D eigenvalue weighted by Gasteiger charge is 2.31. The maximum Gasteiger partial charge on any atom is 0.394 e. The number of carbonyl (C=O) groups excluding carboxylic acids is 2. The number of anilines is 2. The molecule has 1 atom stereocenters. The molecule has 0 radical (unpaired) electrons. The minimum absolute atomic E-state index is 0.0279. The van der Waals surface area contributed by atoms with Crippen LogP contribution in [0.5, 0.6) is 11.5 Å². The maximum atomic E-state index is 13.0. The van der Waals surface area contributed by atoms with Crippen LogP contribution in [0.4, 0.5) is 25.1 Å². The minimum Gasteiger partial charge on any atom is -0.506 e. The van der Waals surface area contributed by atoms with Crippen molar-refractivity contribution in [1.82, 2.24) is 10.3 Å². The van der Waals surface area contributed by atoms with E-state index in [1.807, 2.05) is 0 Å². The summed E-state index contributed by atoms with van der Waals surface area (Å²) < 4.78 is 35.7. The van der Waals surface area contributed by atoms with Crippen LogP contribution in [0.25, 0.3) is 0 Å². The number of amides is 3. The van der Waals surface area contributed by atoms with Crippen molar-refractivity contribution in [2.24, 2.45) is 0 Å². The molecule has 0 bridgehead atoms. The second-order valence-corrected chi connectivity index (χ2v) is 7.03. The summed E-state index contributed by atoms with van der Waals surface area (Å²) in [6.45, 7) is 2.02. The predicted molar refractivity (Wildman–Crippen MR) is 107 cm³/mol. The zero-order valence-electron chi connectivity index (χ0n) is 17.1. The number of aromatic hydroxyl groups is 1. The summed E-state index contributed by atoms with van der Waals surface area (Å²) >= 11 is 0. The molecule has 31 heavy (non-hydrogen) atoms. The number of hydrogen-bond donors (Lipinski definition) is 3. The summed E-state index contributed by atoms with van der Waals surface area (Å²) in [5.74, 6) is -0.395. The number of methoxy groups -OCH3 is 1. The zero-order valence-corrected chi connectivity index (χ0v) is 17.1. The van der Waals surface area contributed by atoms with Gasteiger partial charge in [-0.05, 0) is 24.6 Å². The first-order valence-electron chi connectivity index (χ1n) is 9.31. The smallest absolute Gasteiger partial charge is 0.394 e. The van der Waals surface area contributed by atoms with E-state index >= 15 is 0 Å². The molecular weight excluding hydrogens is 414 g/mol. The molecule has 3 rings (SSSR count). The Hall–Kier alpha value is -3.47. The van der Waals surface area contributed by atoms with Gasteiger partial charge in [-0.3, -0.25) is 9.69 Å². The minimum atomic E-state index is -3.32. The lowest BCUT2D eigenvalue weighted by atomic mass is 10.1. The Labute approximate surface area is 177 Å². The van der Waals surface area contributed by atoms with Crippen LogP contribution in [0.15, 0.2) is 30.3 Å². The van der Waals surface area contributed by atoms with E-state index in [1.54, 1.807) is 6.92 Å². The van der Waals surface area contributed by atoms with Crippen molar-refractivity contribution in [3.63, 3.8) is 0 Å². The van der Waals surface area contributed by atoms with Gasteiger partial charge in [-0.1, -0.05) is 12.1 Å². The molecule has 2 heterocycles. The van der Waals surface area contributed by atoms with Crippen LogP contribution < -0.4 is 20.3 Å². The number of nitrogens with one attached hydrogen (secondary N) is 2. The first kappa shape index (κ1) is 22.2. The molecule has 1 unspecified atom stereocenters. The van der Waals surface area contributed by atoms with Crippen molar-refractivity contribution in [2.45, 2.75) is 26.0 Å². The number of alkyl halides is 2. The van der Waals surface area contributed by atoms with E-state index in [1.165, 1.54) is 37.4 Å². The molecule has 1 aliphatic rings. The molecule has 0 saturated heterocycles. The van der Waals surface area contributed by atoms with Crippen molar-refractivity contribution in [2.75, 3.05) is 30.5 Å². The second-order valence-electron chi connectivity index (χ2n) is 7.03. The molecule has 3 N–H and O–H groups in total. The lowest BCUT2D eigenvalue weighted by Crippen LogP contribution is -2.49. The molecule has 0 aliphatic carbocycles. The third-order valence-electron chi connectivity index (χ3n) is 4.45. The molecular formula is C20H22F2N4O5. The van der Waals surface area contributed by atoms with E-state index < -0.39 is 24.1 Å². The van der Waals surface area contributed by atoms with Gasteiger partial charge in [0, 0.05) is 20.1 Å². The average molecular weight is 436 g/mol. The van der Waals surface area contributed by atoms with Gasteiger partial charge in [0.25, 0.3) is 0 Å². The zero-order chi connectivity index (χ0) is 22.8. The van der Waals surface area contributed by atoms with Gasteiger partial charge in [0.2, 0.25) is 5.91 Å². The molecule has 3 amide bonds. The van der Waals surface area contributed by atoms with E-state index in [4.69, 9.17) is 4.74 Å². The first-order valence-corrected chi connectivity index (χ1v) is 9.31. The van der Waals surface area contributed by atoms with E-state index in [2.05, 4.69) is 20.4 Å². The van der Waals surface area contributed by atoms with Crippen LogP contribution in [-0.2, 0) is 9.53 Å². The number of rotatable bonds is 6. The molecule has 0 fully saturated rings. The van der Waals surface area contributed by atoms with Gasteiger partial charge < -0.3 is 25.2 Å². The number of ether oxygens (including phenoxy) is 2. The lowest BCUT2D eigenvalue weighted by Gasteiger charge is -2.30. The number of benzene rings is 1. The molecule has 2 aromatic rings. The van der Waals surface area contributed by atoms with Gasteiger partial charge in [-0.15, -0.1) is 0 Å². The molecule has 9 nitrogen and oxygen atoms in total. The van der Waals surface area contributed by atoms with E-state index in [0.717, 1.165) is 4.90 Å². The maximum absolute atomic E-state index is 13.0. The largest absolute Gasteiger partial charge is 0.506 e. The molecule has 1 aromatic carbocycles. The van der Waals surface area contributed by atoms with Crippen LogP contribution in [0.1, 0.15) is 24.2 Å². The molecule has 0 spiro atoms. The number of fused-ring (bicyclic) bond motifs is 1. The lowest BCUT2D eigenvalue weighted by molar-refractivity contribution is -0.158. The number of urea groups is 1. The summed E-state index contributed by atoms with van der Waals surface area (Å²) in [5.41, 5.74) is 1.09. The summed E-state index contributed by atoms with van der Waals surface area (Å²) in [4.78, 5) is 30.4. The van der Waals surface area contributed by atoms with E-state index in [0.29, 0.717) is 18.2 Å². The Kier molecular flexibility index (Phi) is 6.25. The third kappa shape index (κ3) is 5.37. The first-order chi connectivity index (χ1) is 14.6. The molecule has 1 aromatic heterocycles. The van der Waals surface area contributed by atoms with Gasteiger partial charge >= 0.3 is 12.1 Å². The fraction of sp³-hybridized carbons (Fsp3) is 0.350. The van der Waals surface area contributed by atoms with Crippen molar-refractivity contribution in [3.8, 4) is 11.5 Å². The van der Waals surface area contributed by atoms with Crippen molar-refractivity contribution in [1.29, 1.82) is 0 Å². The number of pyridine rings is 1. The highest BCUT2D eigenvalue weighted by Crippen LogP contribution is 2.32. The molecule has 1 aliphatic heterocycles. The van der Waals surface area contributed by atoms with Crippen LogP contribution in [-0.4, -0.2) is 48.4 Å². The topological polar surface area (TPSA) is 113 Å². The third-order valence-corrected chi connectivity index (χ3v) is 4.45. The van der Waals surface area contributed by atoms with Crippen LogP contribution in [0, 0.1) is 6.92 Å². The Balaban J connectivity index is 1.81. The number of nitrogens with zero attached hydrogens (tertiary/aromatic N) is 2. The van der Waals surface area contributed by atoms with E-state index in [-0.39, 0.29) is 36.2 Å². The fourth-order valence-electron chi connectivity index (χ4n) is 3.05. The van der Waals surface area contributed by atoms with Gasteiger partial charge in [0.05, 0.1) is 24.0 Å². The predicted octanol–water partition coefficient (Wildman–Crippen LogP) is 2.94. The Morgan fingerprint density at radius 1 is 1.39 bits per heavy atom. The van der Waals surface area contributed by atoms with Gasteiger partial charge in [-0.2, -0.15) is 8.78 Å². The van der Waals surface area contributed by atoms with Gasteiger partial charge in [0.15, 0.2) is 5.82 Å². The van der Waals surface area contributed by atoms with Crippen LogP contribution in [0.3, 0.4) is 0 Å². The monoisotopic (exact) mass is 436 g/mol. The summed E-state index contributed by atoms with van der Waals surface area (Å²) in [6, 6.07) is 5.85. The number of halogens is 2. The highest BCUT2D eigenvalue weighted by atomic mass is 19.3. The number of hydrogen-bond acceptors (Lipinski definition) is 6. The van der Waals surface area contributed by atoms with Crippen molar-refractivity contribution < 1.29 is 33.0 Å². The average Bonchev–Trinajstić information content (AvgIpc) is 2.67. The van der Waals surface area contributed by atoms with Crippen molar-refractivity contribution >= 4 is 23.4 Å². The van der Waals surface area contributed by atoms with Crippen molar-refractivity contribution in [3.05, 3.63) is 41.6 Å². The standard InChI is InChI=1S/C20H22F2N4O5/c1-11-16(27)8-14-18(23-11)26(9-17(28)24-14)19(29)25-15(10-30-3)12-4-6-13(7-5-12)31-20(2,21)22/h4-8,15,27H,9-10H2,1-3H3,(H,24,28)(H,25,29). The molecule has 166 valence electrons. The quantitative estimate of drug-likeness (QED) is 0.642. The van der Waals surface area contributed by atoms with E-state index in [9.17, 15) is 23.5 Å². The summed E-state index contributed by atoms with van der Waals surface area (Å²) in [5, 5.41) is 15.2. The second kappa shape index (κ2) is 8.72. The summed E-state index contributed by atoms with van der Waals surface area (Å²) in [6.07, 6.45) is -3.32. The Morgan fingerprint density at radius 2 is 2.06 bits per heavy atom. The number of aromatic nitrogens is 1. The van der Waals surface area contributed by atoms with Crippen LogP contribution >= 0.6 is 0 Å². The molecule has 11 heteroatoms. The molecule has 0 saturated carbocycles. The SMILES string of the molecule is COCC(NC(=O)N1CC(=O)Nc2cc(O)c(C)nc21)c1ccc(OC(C)(F)F)cc1. The van der Waals surface area contributed by atoms with Gasteiger partial charge in [0.1, 0.15) is 18.0 Å². The van der Waals surface area contributed by atoms with Gasteiger partial charge in [-0.25, -0.2) is 9.78 Å². The number of aryl methyl sites for hydroxylation is 1. The fourth-order valence-corrected chi connectivity index (χ4v) is 3.05. The van der Waals surface area contributed by atoms with Crippen LogP contribution in [0.2, 0.25) is 0 Å². The normalized spacial score (nSPS) is 14.5.